The summed E-state index contributed by atoms with van der Waals surface area (Å²) < 4.78 is 0. The molecule has 2 heterocycles. The van der Waals surface area contributed by atoms with Crippen molar-refractivity contribution in [2.75, 3.05) is 17.8 Å². The van der Waals surface area contributed by atoms with Crippen LogP contribution in [0.25, 0.3) is 5.57 Å². The van der Waals surface area contributed by atoms with Gasteiger partial charge >= 0.3 is 0 Å². The first-order valence-electron chi connectivity index (χ1n) is 5.55. The van der Waals surface area contributed by atoms with Crippen LogP contribution in [0.15, 0.2) is 37.2 Å². The van der Waals surface area contributed by atoms with Crippen LogP contribution in [0.2, 0.25) is 5.02 Å². The quantitative estimate of drug-likeness (QED) is 0.749. The number of nitrogens with zero attached hydrogens (tertiary/aromatic N) is 2. The Labute approximate surface area is 115 Å². The highest BCUT2D eigenvalue weighted by molar-refractivity contribution is 6.30. The van der Waals surface area contributed by atoms with Gasteiger partial charge < -0.3 is 5.32 Å². The van der Waals surface area contributed by atoms with Crippen molar-refractivity contribution in [3.8, 4) is 0 Å². The Bertz CT molecular complexity index is 598. The van der Waals surface area contributed by atoms with Gasteiger partial charge in [0, 0.05) is 30.6 Å². The molecule has 0 aliphatic carbocycles. The highest BCUT2D eigenvalue weighted by Crippen LogP contribution is 2.27. The highest BCUT2D eigenvalue weighted by atomic mass is 35.5. The van der Waals surface area contributed by atoms with Crippen molar-refractivity contribution in [2.45, 2.75) is 0 Å². The molecule has 0 radical (unpaired) electrons. The minimum absolute atomic E-state index is 0.398. The Hall–Kier alpha value is -2.11. The van der Waals surface area contributed by atoms with Gasteiger partial charge in [-0.3, -0.25) is 15.7 Å². The molecule has 2 aromatic rings. The van der Waals surface area contributed by atoms with E-state index in [1.54, 1.807) is 19.3 Å². The van der Waals surface area contributed by atoms with E-state index in [0.29, 0.717) is 22.0 Å². The van der Waals surface area contributed by atoms with Crippen molar-refractivity contribution < 1.29 is 5.21 Å². The van der Waals surface area contributed by atoms with E-state index in [1.165, 1.54) is 6.20 Å². The van der Waals surface area contributed by atoms with Crippen molar-refractivity contribution in [1.29, 1.82) is 0 Å². The molecule has 0 atom stereocenters. The summed E-state index contributed by atoms with van der Waals surface area (Å²) in [5, 5.41) is 12.5. The number of pyridine rings is 2. The Morgan fingerprint density at radius 2 is 2.11 bits per heavy atom. The Kier molecular flexibility index (Phi) is 3.99. The van der Waals surface area contributed by atoms with E-state index in [0.717, 1.165) is 11.4 Å². The average Bonchev–Trinajstić information content (AvgIpc) is 2.46. The predicted octanol–water partition coefficient (Wildman–Crippen LogP) is 3.03. The van der Waals surface area contributed by atoms with Gasteiger partial charge in [-0.25, -0.2) is 4.98 Å². The number of nitrogens with one attached hydrogen (secondary N) is 2. The zero-order valence-electron chi connectivity index (χ0n) is 10.3. The van der Waals surface area contributed by atoms with Gasteiger partial charge in [0.1, 0.15) is 5.82 Å². The number of rotatable bonds is 4. The van der Waals surface area contributed by atoms with E-state index >= 15 is 0 Å². The average molecular weight is 277 g/mol. The van der Waals surface area contributed by atoms with Crippen LogP contribution in [0.4, 0.5) is 11.5 Å². The molecule has 0 spiro atoms. The maximum Gasteiger partial charge on any atom is 0.125 e. The molecule has 0 aromatic carbocycles. The summed E-state index contributed by atoms with van der Waals surface area (Å²) >= 11 is 5.82. The molecule has 0 aliphatic rings. The first-order valence-corrected chi connectivity index (χ1v) is 5.92. The number of anilines is 2. The minimum atomic E-state index is 0.398. The molecule has 6 heteroatoms. The fraction of sp³-hybridized carbons (Fsp3) is 0.0769. The molecule has 0 saturated heterocycles. The number of hydrogen-bond donors (Lipinski definition) is 3. The molecule has 0 bridgehead atoms. The van der Waals surface area contributed by atoms with E-state index in [2.05, 4.69) is 27.3 Å². The molecule has 19 heavy (non-hydrogen) atoms. The summed E-state index contributed by atoms with van der Waals surface area (Å²) in [4.78, 5) is 8.38. The van der Waals surface area contributed by atoms with Gasteiger partial charge in [0.05, 0.1) is 16.4 Å². The lowest BCUT2D eigenvalue weighted by Gasteiger charge is -2.10. The number of hydrogen-bond acceptors (Lipinski definition) is 5. The number of aromatic nitrogens is 2. The van der Waals surface area contributed by atoms with Gasteiger partial charge in [-0.1, -0.05) is 18.2 Å². The van der Waals surface area contributed by atoms with Crippen LogP contribution in [0.5, 0.6) is 0 Å². The zero-order valence-corrected chi connectivity index (χ0v) is 11.1. The Balaban J connectivity index is 2.37. The van der Waals surface area contributed by atoms with Crippen molar-refractivity contribution in [3.05, 3.63) is 53.5 Å². The second-order valence-corrected chi connectivity index (χ2v) is 4.26. The van der Waals surface area contributed by atoms with Crippen LogP contribution in [0.1, 0.15) is 11.3 Å². The van der Waals surface area contributed by atoms with Gasteiger partial charge in [-0.05, 0) is 18.2 Å². The van der Waals surface area contributed by atoms with Crippen LogP contribution >= 0.6 is 11.6 Å². The van der Waals surface area contributed by atoms with E-state index in [1.807, 2.05) is 12.1 Å². The minimum Gasteiger partial charge on any atom is -0.373 e. The van der Waals surface area contributed by atoms with Gasteiger partial charge in [0.2, 0.25) is 0 Å². The second-order valence-electron chi connectivity index (χ2n) is 3.82. The summed E-state index contributed by atoms with van der Waals surface area (Å²) in [6.45, 7) is 3.97. The van der Waals surface area contributed by atoms with E-state index in [4.69, 9.17) is 16.8 Å². The van der Waals surface area contributed by atoms with Crippen LogP contribution < -0.4 is 10.8 Å². The molecular weight excluding hydrogens is 264 g/mol. The molecule has 2 aromatic heterocycles. The molecule has 98 valence electrons. The predicted molar refractivity (Wildman–Crippen MR) is 76.6 cm³/mol. The molecule has 0 unspecified atom stereocenters. The lowest BCUT2D eigenvalue weighted by molar-refractivity contribution is 0.388. The summed E-state index contributed by atoms with van der Waals surface area (Å²) in [6, 6.07) is 5.28. The van der Waals surface area contributed by atoms with E-state index < -0.39 is 0 Å². The van der Waals surface area contributed by atoms with Crippen molar-refractivity contribution in [3.63, 3.8) is 0 Å². The summed E-state index contributed by atoms with van der Waals surface area (Å²) in [6.07, 6.45) is 3.18. The third-order valence-electron chi connectivity index (χ3n) is 2.63. The van der Waals surface area contributed by atoms with Crippen LogP contribution in [-0.4, -0.2) is 22.2 Å². The van der Waals surface area contributed by atoms with Crippen LogP contribution in [0.3, 0.4) is 0 Å². The summed E-state index contributed by atoms with van der Waals surface area (Å²) in [5.41, 5.74) is 4.44. The molecule has 3 N–H and O–H groups in total. The SMILES string of the molecule is C=C(c1ccc(NC)nc1)c1ncc(Cl)cc1NO. The van der Waals surface area contributed by atoms with Crippen molar-refractivity contribution >= 4 is 28.7 Å². The van der Waals surface area contributed by atoms with Crippen LogP contribution in [-0.2, 0) is 0 Å². The van der Waals surface area contributed by atoms with Crippen molar-refractivity contribution in [2.24, 2.45) is 0 Å². The molecule has 0 amide bonds. The van der Waals surface area contributed by atoms with Gasteiger partial charge in [0.25, 0.3) is 0 Å². The second kappa shape index (κ2) is 5.69. The van der Waals surface area contributed by atoms with E-state index in [9.17, 15) is 0 Å². The maximum atomic E-state index is 9.11. The largest absolute Gasteiger partial charge is 0.373 e. The lowest BCUT2D eigenvalue weighted by Crippen LogP contribution is -2.00. The summed E-state index contributed by atoms with van der Waals surface area (Å²) in [5.74, 6) is 0.765. The summed E-state index contributed by atoms with van der Waals surface area (Å²) in [7, 11) is 1.80. The molecule has 2 rings (SSSR count). The standard InChI is InChI=1S/C13H13ClN4O/c1-8(9-3-4-12(15-2)16-6-9)13-11(18-19)5-10(14)7-17-13/h3-7,18-19H,1H2,2H3,(H,15,16). The Morgan fingerprint density at radius 1 is 1.32 bits per heavy atom. The molecule has 0 fully saturated rings. The number of halogens is 1. The van der Waals surface area contributed by atoms with Crippen molar-refractivity contribution in [1.82, 2.24) is 9.97 Å². The third kappa shape index (κ3) is 2.83. The lowest BCUT2D eigenvalue weighted by atomic mass is 10.0. The molecule has 0 saturated carbocycles. The van der Waals surface area contributed by atoms with Gasteiger partial charge in [0.15, 0.2) is 0 Å². The monoisotopic (exact) mass is 276 g/mol. The van der Waals surface area contributed by atoms with Gasteiger partial charge in [-0.2, -0.15) is 0 Å². The Morgan fingerprint density at radius 3 is 2.68 bits per heavy atom. The zero-order chi connectivity index (χ0) is 13.8. The highest BCUT2D eigenvalue weighted by Gasteiger charge is 2.10. The van der Waals surface area contributed by atoms with E-state index in [-0.39, 0.29) is 0 Å². The van der Waals surface area contributed by atoms with Gasteiger partial charge in [-0.15, -0.1) is 0 Å². The molecular formula is C13H13ClN4O. The topological polar surface area (TPSA) is 70.1 Å². The normalized spacial score (nSPS) is 10.1. The third-order valence-corrected chi connectivity index (χ3v) is 2.84. The fourth-order valence-corrected chi connectivity index (χ4v) is 1.78. The maximum absolute atomic E-state index is 9.11. The first kappa shape index (κ1) is 13.3. The molecule has 5 nitrogen and oxygen atoms in total. The smallest absolute Gasteiger partial charge is 0.125 e. The van der Waals surface area contributed by atoms with Crippen LogP contribution in [0, 0.1) is 0 Å². The molecule has 0 aliphatic heterocycles. The first-order chi connectivity index (χ1) is 9.15. The fourth-order valence-electron chi connectivity index (χ4n) is 1.62.